The molecule has 8 heteroatoms. The minimum Gasteiger partial charge on any atom is -0.323 e. The van der Waals surface area contributed by atoms with Crippen molar-refractivity contribution in [1.29, 1.82) is 0 Å². The van der Waals surface area contributed by atoms with Crippen molar-refractivity contribution in [3.63, 3.8) is 0 Å². The molecule has 2 aromatic rings. The van der Waals surface area contributed by atoms with Crippen molar-refractivity contribution in [2.75, 3.05) is 0 Å². The fourth-order valence-corrected chi connectivity index (χ4v) is 1.66. The highest BCUT2D eigenvalue weighted by molar-refractivity contribution is 6.32. The maximum absolute atomic E-state index is 10.6. The molecule has 1 heterocycles. The molecule has 0 spiro atoms. The molecule has 0 aliphatic rings. The van der Waals surface area contributed by atoms with Crippen LogP contribution in [0.3, 0.4) is 0 Å². The van der Waals surface area contributed by atoms with Crippen molar-refractivity contribution in [3.8, 4) is 5.69 Å². The van der Waals surface area contributed by atoms with Crippen molar-refractivity contribution >= 4 is 17.3 Å². The summed E-state index contributed by atoms with van der Waals surface area (Å²) in [5.41, 5.74) is 6.73. The van der Waals surface area contributed by atoms with Gasteiger partial charge in [-0.2, -0.15) is 0 Å². The van der Waals surface area contributed by atoms with Gasteiger partial charge in [0.15, 0.2) is 0 Å². The topological polar surface area (TPSA) is 99.9 Å². The average molecular weight is 268 g/mol. The third-order valence-corrected chi connectivity index (χ3v) is 2.67. The maximum Gasteiger partial charge on any atom is 0.271 e. The zero-order chi connectivity index (χ0) is 13.3. The second-order valence-corrected chi connectivity index (χ2v) is 4.18. The molecule has 0 radical (unpaired) electrons. The van der Waals surface area contributed by atoms with E-state index in [1.54, 1.807) is 13.1 Å². The maximum atomic E-state index is 10.6. The largest absolute Gasteiger partial charge is 0.323 e. The second kappa shape index (κ2) is 4.71. The summed E-state index contributed by atoms with van der Waals surface area (Å²) < 4.78 is 1.44. The van der Waals surface area contributed by atoms with Crippen molar-refractivity contribution in [2.45, 2.75) is 13.0 Å². The Morgan fingerprint density at radius 2 is 2.28 bits per heavy atom. The lowest BCUT2D eigenvalue weighted by Crippen LogP contribution is -2.04. The van der Waals surface area contributed by atoms with Gasteiger partial charge in [0.2, 0.25) is 0 Å². The zero-order valence-electron chi connectivity index (χ0n) is 9.45. The summed E-state index contributed by atoms with van der Waals surface area (Å²) >= 11 is 5.97. The van der Waals surface area contributed by atoms with Gasteiger partial charge < -0.3 is 5.73 Å². The fourth-order valence-electron chi connectivity index (χ4n) is 1.40. The molecule has 0 aliphatic carbocycles. The SMILES string of the molecule is CC(N)c1cn(-c2ccc([N+](=O)[O-])cc2Cl)nn1. The Balaban J connectivity index is 2.41. The molecule has 18 heavy (non-hydrogen) atoms. The number of non-ortho nitro benzene ring substituents is 1. The van der Waals surface area contributed by atoms with Crippen LogP contribution in [0.25, 0.3) is 5.69 Å². The number of nitro benzene ring substituents is 1. The summed E-state index contributed by atoms with van der Waals surface area (Å²) in [6.45, 7) is 1.78. The number of hydrogen-bond acceptors (Lipinski definition) is 5. The standard InChI is InChI=1S/C10H10ClN5O2/c1-6(12)9-5-15(14-13-9)10-3-2-7(16(17)18)4-8(10)11/h2-6H,12H2,1H3. The highest BCUT2D eigenvalue weighted by atomic mass is 35.5. The third-order valence-electron chi connectivity index (χ3n) is 2.37. The van der Waals surface area contributed by atoms with E-state index in [2.05, 4.69) is 10.3 Å². The second-order valence-electron chi connectivity index (χ2n) is 3.77. The van der Waals surface area contributed by atoms with Gasteiger partial charge in [0.25, 0.3) is 5.69 Å². The van der Waals surface area contributed by atoms with E-state index in [9.17, 15) is 10.1 Å². The van der Waals surface area contributed by atoms with E-state index in [4.69, 9.17) is 17.3 Å². The summed E-state index contributed by atoms with van der Waals surface area (Å²) in [6, 6.07) is 3.90. The molecule has 0 bridgehead atoms. The normalized spacial score (nSPS) is 12.4. The lowest BCUT2D eigenvalue weighted by atomic mass is 10.2. The Hall–Kier alpha value is -1.99. The Morgan fingerprint density at radius 1 is 1.56 bits per heavy atom. The number of benzene rings is 1. The van der Waals surface area contributed by atoms with Gasteiger partial charge in [-0.3, -0.25) is 10.1 Å². The van der Waals surface area contributed by atoms with Crippen LogP contribution in [-0.2, 0) is 0 Å². The van der Waals surface area contributed by atoms with Crippen molar-refractivity contribution < 1.29 is 4.92 Å². The molecule has 1 atom stereocenters. The smallest absolute Gasteiger partial charge is 0.271 e. The monoisotopic (exact) mass is 267 g/mol. The molecule has 1 aromatic carbocycles. The van der Waals surface area contributed by atoms with Crippen molar-refractivity contribution in [1.82, 2.24) is 15.0 Å². The van der Waals surface area contributed by atoms with Crippen LogP contribution in [0.1, 0.15) is 18.7 Å². The zero-order valence-corrected chi connectivity index (χ0v) is 10.2. The Bertz CT molecular complexity index is 596. The van der Waals surface area contributed by atoms with Gasteiger partial charge in [0.1, 0.15) is 0 Å². The molecule has 1 aromatic heterocycles. The van der Waals surface area contributed by atoms with E-state index in [0.717, 1.165) is 0 Å². The lowest BCUT2D eigenvalue weighted by Gasteiger charge is -2.02. The molecule has 2 rings (SSSR count). The number of nitro groups is 1. The summed E-state index contributed by atoms with van der Waals surface area (Å²) in [6.07, 6.45) is 1.64. The summed E-state index contributed by atoms with van der Waals surface area (Å²) in [4.78, 5) is 10.1. The first-order valence-corrected chi connectivity index (χ1v) is 5.49. The molecule has 2 N–H and O–H groups in total. The van der Waals surface area contributed by atoms with Crippen LogP contribution in [0.4, 0.5) is 5.69 Å². The number of rotatable bonds is 3. The number of hydrogen-bond donors (Lipinski definition) is 1. The predicted octanol–water partition coefficient (Wildman–Crippen LogP) is 1.85. The Labute approximate surface area is 107 Å². The van der Waals surface area contributed by atoms with E-state index < -0.39 is 4.92 Å². The minimum atomic E-state index is -0.510. The van der Waals surface area contributed by atoms with Crippen LogP contribution in [0, 0.1) is 10.1 Å². The summed E-state index contributed by atoms with van der Waals surface area (Å²) in [7, 11) is 0. The molecular weight excluding hydrogens is 258 g/mol. The van der Waals surface area contributed by atoms with Crippen LogP contribution in [0.15, 0.2) is 24.4 Å². The number of nitrogens with zero attached hydrogens (tertiary/aromatic N) is 4. The van der Waals surface area contributed by atoms with Crippen molar-refractivity contribution in [2.24, 2.45) is 5.73 Å². The first-order chi connectivity index (χ1) is 8.49. The van der Waals surface area contributed by atoms with Gasteiger partial charge in [0.05, 0.1) is 27.5 Å². The van der Waals surface area contributed by atoms with E-state index in [0.29, 0.717) is 11.4 Å². The number of halogens is 1. The summed E-state index contributed by atoms with van der Waals surface area (Å²) in [5, 5.41) is 18.6. The summed E-state index contributed by atoms with van der Waals surface area (Å²) in [5.74, 6) is 0. The van der Waals surface area contributed by atoms with Gasteiger partial charge in [-0.25, -0.2) is 4.68 Å². The molecule has 94 valence electrons. The van der Waals surface area contributed by atoms with Gasteiger partial charge >= 0.3 is 0 Å². The van der Waals surface area contributed by atoms with E-state index in [1.165, 1.54) is 22.9 Å². The number of aromatic nitrogens is 3. The molecule has 0 aliphatic heterocycles. The Kier molecular flexibility index (Phi) is 3.26. The van der Waals surface area contributed by atoms with E-state index in [1.807, 2.05) is 0 Å². The predicted molar refractivity (Wildman–Crippen MR) is 65.6 cm³/mol. The van der Waals surface area contributed by atoms with Crippen LogP contribution >= 0.6 is 11.6 Å². The van der Waals surface area contributed by atoms with Crippen LogP contribution < -0.4 is 5.73 Å². The molecule has 0 saturated carbocycles. The third kappa shape index (κ3) is 2.31. The average Bonchev–Trinajstić information content (AvgIpc) is 2.78. The first-order valence-electron chi connectivity index (χ1n) is 5.11. The van der Waals surface area contributed by atoms with Crippen LogP contribution in [0.2, 0.25) is 5.02 Å². The van der Waals surface area contributed by atoms with Crippen LogP contribution in [-0.4, -0.2) is 19.9 Å². The highest BCUT2D eigenvalue weighted by Gasteiger charge is 2.13. The molecule has 0 saturated heterocycles. The van der Waals surface area contributed by atoms with Crippen molar-refractivity contribution in [3.05, 3.63) is 45.2 Å². The Morgan fingerprint density at radius 3 is 2.78 bits per heavy atom. The molecule has 0 amide bonds. The van der Waals surface area contributed by atoms with Crippen LogP contribution in [0.5, 0.6) is 0 Å². The molecule has 7 nitrogen and oxygen atoms in total. The van der Waals surface area contributed by atoms with Gasteiger partial charge in [0, 0.05) is 18.2 Å². The molecule has 1 unspecified atom stereocenters. The minimum absolute atomic E-state index is 0.0729. The lowest BCUT2D eigenvalue weighted by molar-refractivity contribution is -0.384. The van der Waals surface area contributed by atoms with Gasteiger partial charge in [-0.15, -0.1) is 5.10 Å². The van der Waals surface area contributed by atoms with E-state index in [-0.39, 0.29) is 16.8 Å². The van der Waals surface area contributed by atoms with Gasteiger partial charge in [-0.1, -0.05) is 16.8 Å². The molecular formula is C10H10ClN5O2. The quantitative estimate of drug-likeness (QED) is 0.676. The highest BCUT2D eigenvalue weighted by Crippen LogP contribution is 2.25. The van der Waals surface area contributed by atoms with E-state index >= 15 is 0 Å². The fraction of sp³-hybridized carbons (Fsp3) is 0.200. The van der Waals surface area contributed by atoms with Gasteiger partial charge in [-0.05, 0) is 13.0 Å². The first kappa shape index (κ1) is 12.5. The number of nitrogens with two attached hydrogens (primary N) is 1. The molecule has 0 fully saturated rings.